The van der Waals surface area contributed by atoms with Crippen LogP contribution in [-0.2, 0) is 4.79 Å². The molecular formula is C12H17FN2O2S. The molecule has 18 heavy (non-hydrogen) atoms. The standard InChI is InChI=1S/C12H17FN2O2S/c1-8(4-5-16)18-7-12(17)15-9-2-3-10(13)11(14)6-9/h2-3,6,8,16H,4-5,7,14H2,1H3,(H,15,17). The van der Waals surface area contributed by atoms with Gasteiger partial charge in [-0.25, -0.2) is 4.39 Å². The van der Waals surface area contributed by atoms with Crippen molar-refractivity contribution in [2.75, 3.05) is 23.4 Å². The normalized spacial score (nSPS) is 12.2. The highest BCUT2D eigenvalue weighted by molar-refractivity contribution is 8.00. The predicted molar refractivity (Wildman–Crippen MR) is 73.1 cm³/mol. The van der Waals surface area contributed by atoms with Gasteiger partial charge in [0.1, 0.15) is 5.82 Å². The molecule has 1 amide bonds. The molecule has 100 valence electrons. The Kier molecular flexibility index (Phi) is 5.94. The van der Waals surface area contributed by atoms with Crippen LogP contribution < -0.4 is 11.1 Å². The van der Waals surface area contributed by atoms with Gasteiger partial charge in [-0.1, -0.05) is 6.92 Å². The summed E-state index contributed by atoms with van der Waals surface area (Å²) in [5.41, 5.74) is 5.89. The minimum Gasteiger partial charge on any atom is -0.396 e. The molecule has 0 aliphatic carbocycles. The number of carbonyl (C=O) groups is 1. The number of nitrogens with two attached hydrogens (primary N) is 1. The fourth-order valence-corrected chi connectivity index (χ4v) is 2.08. The SMILES string of the molecule is CC(CCO)SCC(=O)Nc1ccc(F)c(N)c1. The Hall–Kier alpha value is -1.27. The number of hydrogen-bond acceptors (Lipinski definition) is 4. The van der Waals surface area contributed by atoms with Crippen LogP contribution in [0, 0.1) is 5.82 Å². The van der Waals surface area contributed by atoms with Gasteiger partial charge in [0, 0.05) is 17.5 Å². The molecule has 1 rings (SSSR count). The van der Waals surface area contributed by atoms with Gasteiger partial charge in [0.25, 0.3) is 0 Å². The number of aliphatic hydroxyl groups is 1. The molecule has 1 atom stereocenters. The van der Waals surface area contributed by atoms with E-state index in [0.717, 1.165) is 0 Å². The van der Waals surface area contributed by atoms with Crippen LogP contribution in [0.2, 0.25) is 0 Å². The van der Waals surface area contributed by atoms with Crippen molar-refractivity contribution in [1.29, 1.82) is 0 Å². The number of amides is 1. The first kappa shape index (κ1) is 14.8. The molecule has 6 heteroatoms. The number of rotatable bonds is 6. The van der Waals surface area contributed by atoms with Crippen LogP contribution >= 0.6 is 11.8 Å². The van der Waals surface area contributed by atoms with E-state index in [1.54, 1.807) is 0 Å². The van der Waals surface area contributed by atoms with Crippen LogP contribution in [0.25, 0.3) is 0 Å². The zero-order valence-electron chi connectivity index (χ0n) is 10.1. The van der Waals surface area contributed by atoms with Crippen molar-refractivity contribution in [2.45, 2.75) is 18.6 Å². The van der Waals surface area contributed by atoms with Crippen LogP contribution in [-0.4, -0.2) is 28.6 Å². The average molecular weight is 272 g/mol. The van der Waals surface area contributed by atoms with E-state index >= 15 is 0 Å². The molecule has 0 aliphatic heterocycles. The van der Waals surface area contributed by atoms with Crippen molar-refractivity contribution in [2.24, 2.45) is 0 Å². The van der Waals surface area contributed by atoms with E-state index in [-0.39, 0.29) is 23.5 Å². The maximum absolute atomic E-state index is 12.9. The van der Waals surface area contributed by atoms with Crippen molar-refractivity contribution in [3.63, 3.8) is 0 Å². The molecule has 0 aromatic heterocycles. The van der Waals surface area contributed by atoms with Crippen molar-refractivity contribution < 1.29 is 14.3 Å². The van der Waals surface area contributed by atoms with E-state index in [1.807, 2.05) is 6.92 Å². The monoisotopic (exact) mass is 272 g/mol. The molecule has 0 bridgehead atoms. The van der Waals surface area contributed by atoms with Crippen molar-refractivity contribution in [3.8, 4) is 0 Å². The number of carbonyl (C=O) groups excluding carboxylic acids is 1. The van der Waals surface area contributed by atoms with Crippen molar-refractivity contribution in [1.82, 2.24) is 0 Å². The number of nitrogen functional groups attached to an aromatic ring is 1. The number of thioether (sulfide) groups is 1. The summed E-state index contributed by atoms with van der Waals surface area (Å²) in [7, 11) is 0. The number of hydrogen-bond donors (Lipinski definition) is 3. The van der Waals surface area contributed by atoms with Gasteiger partial charge in [0.2, 0.25) is 5.91 Å². The summed E-state index contributed by atoms with van der Waals surface area (Å²) in [6.07, 6.45) is 0.654. The fourth-order valence-electron chi connectivity index (χ4n) is 1.30. The first-order valence-corrected chi connectivity index (χ1v) is 6.65. The smallest absolute Gasteiger partial charge is 0.234 e. The molecule has 0 radical (unpaired) electrons. The summed E-state index contributed by atoms with van der Waals surface area (Å²) in [4.78, 5) is 11.6. The van der Waals surface area contributed by atoms with Crippen LogP contribution in [0.1, 0.15) is 13.3 Å². The molecule has 0 aliphatic rings. The molecular weight excluding hydrogens is 255 g/mol. The third kappa shape index (κ3) is 4.93. The van der Waals surface area contributed by atoms with Gasteiger partial charge < -0.3 is 16.2 Å². The third-order valence-electron chi connectivity index (χ3n) is 2.31. The lowest BCUT2D eigenvalue weighted by molar-refractivity contribution is -0.113. The van der Waals surface area contributed by atoms with E-state index in [4.69, 9.17) is 10.8 Å². The molecule has 4 nitrogen and oxygen atoms in total. The Morgan fingerprint density at radius 2 is 2.33 bits per heavy atom. The highest BCUT2D eigenvalue weighted by Gasteiger charge is 2.08. The summed E-state index contributed by atoms with van der Waals surface area (Å²) < 4.78 is 12.9. The van der Waals surface area contributed by atoms with Crippen LogP contribution in [0.4, 0.5) is 15.8 Å². The van der Waals surface area contributed by atoms with Gasteiger partial charge in [-0.3, -0.25) is 4.79 Å². The molecule has 0 heterocycles. The predicted octanol–water partition coefficient (Wildman–Crippen LogP) is 1.85. The fraction of sp³-hybridized carbons (Fsp3) is 0.417. The summed E-state index contributed by atoms with van der Waals surface area (Å²) >= 11 is 1.46. The summed E-state index contributed by atoms with van der Waals surface area (Å²) in [6, 6.07) is 4.06. The van der Waals surface area contributed by atoms with Gasteiger partial charge >= 0.3 is 0 Å². The van der Waals surface area contributed by atoms with Crippen molar-refractivity contribution in [3.05, 3.63) is 24.0 Å². The second kappa shape index (κ2) is 7.23. The highest BCUT2D eigenvalue weighted by Crippen LogP contribution is 2.18. The van der Waals surface area contributed by atoms with E-state index in [0.29, 0.717) is 17.9 Å². The Balaban J connectivity index is 2.42. The van der Waals surface area contributed by atoms with E-state index in [9.17, 15) is 9.18 Å². The quantitative estimate of drug-likeness (QED) is 0.691. The minimum atomic E-state index is -0.501. The van der Waals surface area contributed by atoms with E-state index < -0.39 is 5.82 Å². The maximum Gasteiger partial charge on any atom is 0.234 e. The van der Waals surface area contributed by atoms with Crippen LogP contribution in [0.3, 0.4) is 0 Å². The summed E-state index contributed by atoms with van der Waals surface area (Å²) in [5, 5.41) is 11.6. The average Bonchev–Trinajstić information content (AvgIpc) is 2.32. The Labute approximate surface area is 110 Å². The molecule has 1 unspecified atom stereocenters. The summed E-state index contributed by atoms with van der Waals surface area (Å²) in [6.45, 7) is 2.06. The van der Waals surface area contributed by atoms with Gasteiger partial charge in [-0.05, 0) is 24.6 Å². The number of aliphatic hydroxyl groups excluding tert-OH is 1. The van der Waals surface area contributed by atoms with Gasteiger partial charge in [0.15, 0.2) is 0 Å². The molecule has 0 saturated heterocycles. The molecule has 0 fully saturated rings. The second-order valence-electron chi connectivity index (χ2n) is 3.92. The van der Waals surface area contributed by atoms with Crippen LogP contribution in [0.15, 0.2) is 18.2 Å². The molecule has 4 N–H and O–H groups in total. The Morgan fingerprint density at radius 1 is 1.61 bits per heavy atom. The topological polar surface area (TPSA) is 75.3 Å². The van der Waals surface area contributed by atoms with E-state index in [2.05, 4.69) is 5.32 Å². The zero-order chi connectivity index (χ0) is 13.5. The van der Waals surface area contributed by atoms with Gasteiger partial charge in [-0.2, -0.15) is 0 Å². The lowest BCUT2D eigenvalue weighted by Gasteiger charge is -2.10. The largest absolute Gasteiger partial charge is 0.396 e. The highest BCUT2D eigenvalue weighted by atomic mass is 32.2. The molecule has 1 aromatic carbocycles. The third-order valence-corrected chi connectivity index (χ3v) is 3.55. The first-order valence-electron chi connectivity index (χ1n) is 5.60. The molecule has 0 spiro atoms. The Bertz CT molecular complexity index is 415. The maximum atomic E-state index is 12.9. The minimum absolute atomic E-state index is 0.00843. The lowest BCUT2D eigenvalue weighted by atomic mass is 10.2. The lowest BCUT2D eigenvalue weighted by Crippen LogP contribution is -2.16. The van der Waals surface area contributed by atoms with Gasteiger partial charge in [0.05, 0.1) is 11.4 Å². The van der Waals surface area contributed by atoms with Crippen LogP contribution in [0.5, 0.6) is 0 Å². The number of nitrogens with one attached hydrogen (secondary N) is 1. The number of benzene rings is 1. The van der Waals surface area contributed by atoms with Crippen molar-refractivity contribution >= 4 is 29.0 Å². The second-order valence-corrected chi connectivity index (χ2v) is 5.35. The van der Waals surface area contributed by atoms with Gasteiger partial charge in [-0.15, -0.1) is 11.8 Å². The Morgan fingerprint density at radius 3 is 2.94 bits per heavy atom. The number of anilines is 2. The first-order chi connectivity index (χ1) is 8.52. The number of halogens is 1. The summed E-state index contributed by atoms with van der Waals surface area (Å²) in [5.74, 6) is -0.381. The zero-order valence-corrected chi connectivity index (χ0v) is 11.0. The molecule has 0 saturated carbocycles. The van der Waals surface area contributed by atoms with E-state index in [1.165, 1.54) is 30.0 Å². The molecule has 1 aromatic rings.